The fraction of sp³-hybridized carbons (Fsp3) is 0.500. The molecular formula is C12H13BF3NO. The van der Waals surface area contributed by atoms with Crippen LogP contribution in [0.1, 0.15) is 6.42 Å². The van der Waals surface area contributed by atoms with Crippen molar-refractivity contribution in [2.45, 2.75) is 24.0 Å². The lowest BCUT2D eigenvalue weighted by Gasteiger charge is -2.28. The van der Waals surface area contributed by atoms with Gasteiger partial charge >= 0.3 is 6.18 Å². The SMILES string of the molecule is [B]C1(C(F)(F)F)C=CC=CC(N2CCC(O)C2)=C1. The number of hydrogen-bond donors (Lipinski definition) is 1. The van der Waals surface area contributed by atoms with Crippen molar-refractivity contribution in [1.29, 1.82) is 0 Å². The number of β-amino-alcohol motifs (C(OH)–C–C–N with tert-alkyl or cyclic N) is 1. The fourth-order valence-electron chi connectivity index (χ4n) is 2.06. The van der Waals surface area contributed by atoms with Gasteiger partial charge < -0.3 is 10.0 Å². The molecule has 18 heavy (non-hydrogen) atoms. The van der Waals surface area contributed by atoms with E-state index >= 15 is 0 Å². The molecule has 2 rings (SSSR count). The lowest BCUT2D eigenvalue weighted by atomic mass is 9.67. The molecular weight excluding hydrogens is 242 g/mol. The van der Waals surface area contributed by atoms with Crippen LogP contribution in [0.4, 0.5) is 13.2 Å². The highest BCUT2D eigenvalue weighted by atomic mass is 19.4. The molecule has 0 aromatic carbocycles. The van der Waals surface area contributed by atoms with E-state index in [0.717, 1.165) is 12.2 Å². The summed E-state index contributed by atoms with van der Waals surface area (Å²) in [7, 11) is 5.41. The minimum Gasteiger partial charge on any atom is -0.391 e. The van der Waals surface area contributed by atoms with E-state index < -0.39 is 17.6 Å². The molecule has 0 spiro atoms. The third-order valence-electron chi connectivity index (χ3n) is 3.16. The van der Waals surface area contributed by atoms with Crippen LogP contribution in [0.5, 0.6) is 0 Å². The average molecular weight is 255 g/mol. The van der Waals surface area contributed by atoms with Crippen molar-refractivity contribution < 1.29 is 18.3 Å². The van der Waals surface area contributed by atoms with E-state index in [1.165, 1.54) is 12.2 Å². The fourth-order valence-corrected chi connectivity index (χ4v) is 2.06. The van der Waals surface area contributed by atoms with Crippen molar-refractivity contribution in [3.63, 3.8) is 0 Å². The highest BCUT2D eigenvalue weighted by molar-refractivity contribution is 6.19. The molecule has 1 aliphatic heterocycles. The van der Waals surface area contributed by atoms with Gasteiger partial charge in [-0.3, -0.25) is 0 Å². The van der Waals surface area contributed by atoms with Gasteiger partial charge in [0.1, 0.15) is 0 Å². The zero-order valence-corrected chi connectivity index (χ0v) is 9.69. The summed E-state index contributed by atoms with van der Waals surface area (Å²) < 4.78 is 38.8. The maximum absolute atomic E-state index is 12.9. The first-order valence-corrected chi connectivity index (χ1v) is 5.69. The molecule has 2 atom stereocenters. The number of aliphatic hydroxyl groups is 1. The van der Waals surface area contributed by atoms with Crippen molar-refractivity contribution in [3.8, 4) is 0 Å². The molecule has 0 aromatic heterocycles. The lowest BCUT2D eigenvalue weighted by Crippen LogP contribution is -2.30. The Morgan fingerprint density at radius 1 is 1.39 bits per heavy atom. The number of hydrogen-bond acceptors (Lipinski definition) is 2. The monoisotopic (exact) mass is 255 g/mol. The van der Waals surface area contributed by atoms with E-state index in [1.54, 1.807) is 11.0 Å². The van der Waals surface area contributed by atoms with Gasteiger partial charge in [-0.25, -0.2) is 0 Å². The van der Waals surface area contributed by atoms with Gasteiger partial charge in [-0.2, -0.15) is 13.2 Å². The maximum Gasteiger partial charge on any atom is 0.393 e. The van der Waals surface area contributed by atoms with Crippen molar-refractivity contribution >= 4 is 7.85 Å². The molecule has 1 saturated heterocycles. The van der Waals surface area contributed by atoms with Crippen molar-refractivity contribution in [2.75, 3.05) is 13.1 Å². The zero-order chi connectivity index (χ0) is 13.4. The number of rotatable bonds is 1. The molecule has 1 aliphatic carbocycles. The molecule has 2 nitrogen and oxygen atoms in total. The summed E-state index contributed by atoms with van der Waals surface area (Å²) in [6.45, 7) is 0.870. The van der Waals surface area contributed by atoms with Gasteiger partial charge in [0, 0.05) is 18.8 Å². The van der Waals surface area contributed by atoms with Crippen LogP contribution in [-0.2, 0) is 0 Å². The van der Waals surface area contributed by atoms with E-state index in [-0.39, 0.29) is 0 Å². The van der Waals surface area contributed by atoms with Gasteiger partial charge in [0.2, 0.25) is 0 Å². The van der Waals surface area contributed by atoms with E-state index in [2.05, 4.69) is 0 Å². The molecule has 2 radical (unpaired) electrons. The second-order valence-electron chi connectivity index (χ2n) is 4.61. The molecule has 6 heteroatoms. The molecule has 96 valence electrons. The molecule has 1 heterocycles. The van der Waals surface area contributed by atoms with Crippen LogP contribution in [-0.4, -0.2) is 43.2 Å². The average Bonchev–Trinajstić information content (AvgIpc) is 2.57. The van der Waals surface area contributed by atoms with Crippen LogP contribution in [0.3, 0.4) is 0 Å². The summed E-state index contributed by atoms with van der Waals surface area (Å²) in [6, 6.07) is 0. The normalized spacial score (nSPS) is 32.6. The molecule has 2 unspecified atom stereocenters. The lowest BCUT2D eigenvalue weighted by molar-refractivity contribution is -0.142. The minimum atomic E-state index is -4.54. The summed E-state index contributed by atoms with van der Waals surface area (Å²) in [5.41, 5.74) is 0.399. The Balaban J connectivity index is 2.30. The molecule has 1 N–H and O–H groups in total. The number of halogens is 3. The summed E-state index contributed by atoms with van der Waals surface area (Å²) in [4.78, 5) is 1.71. The molecule has 2 aliphatic rings. The third kappa shape index (κ3) is 2.48. The minimum absolute atomic E-state index is 0.337. The molecule has 0 bridgehead atoms. The van der Waals surface area contributed by atoms with Crippen LogP contribution in [0.25, 0.3) is 0 Å². The second-order valence-corrected chi connectivity index (χ2v) is 4.61. The number of allylic oxidation sites excluding steroid dienone is 5. The summed E-state index contributed by atoms with van der Waals surface area (Å²) in [6.07, 6.45) is 1.86. The zero-order valence-electron chi connectivity index (χ0n) is 9.69. The Morgan fingerprint density at radius 2 is 2.11 bits per heavy atom. The number of likely N-dealkylation sites (tertiary alicyclic amines) is 1. The second kappa shape index (κ2) is 4.50. The van der Waals surface area contributed by atoms with E-state index in [0.29, 0.717) is 25.2 Å². The van der Waals surface area contributed by atoms with Gasteiger partial charge in [-0.05, 0) is 12.5 Å². The van der Waals surface area contributed by atoms with Crippen LogP contribution >= 0.6 is 0 Å². The van der Waals surface area contributed by atoms with Gasteiger partial charge in [-0.15, -0.1) is 0 Å². The molecule has 0 aromatic rings. The number of alkyl halides is 3. The Kier molecular flexibility index (Phi) is 3.32. The maximum atomic E-state index is 12.9. The Labute approximate surface area is 105 Å². The molecule has 0 amide bonds. The van der Waals surface area contributed by atoms with Crippen LogP contribution in [0.2, 0.25) is 5.31 Å². The number of aliphatic hydroxyl groups excluding tert-OH is 1. The molecule has 0 saturated carbocycles. The summed E-state index contributed by atoms with van der Waals surface area (Å²) in [5.74, 6) is 0. The summed E-state index contributed by atoms with van der Waals surface area (Å²) >= 11 is 0. The van der Waals surface area contributed by atoms with Crippen LogP contribution in [0, 0.1) is 0 Å². The van der Waals surface area contributed by atoms with Gasteiger partial charge in [-0.1, -0.05) is 24.3 Å². The van der Waals surface area contributed by atoms with Crippen LogP contribution in [0.15, 0.2) is 36.1 Å². The first-order valence-electron chi connectivity index (χ1n) is 5.69. The first kappa shape index (κ1) is 13.3. The van der Waals surface area contributed by atoms with E-state index in [1.807, 2.05) is 0 Å². The van der Waals surface area contributed by atoms with Crippen molar-refractivity contribution in [3.05, 3.63) is 36.1 Å². The van der Waals surface area contributed by atoms with Crippen molar-refractivity contribution in [1.82, 2.24) is 4.90 Å². The standard InChI is InChI=1S/C12H13BF3NO/c13-11(12(14,15)16)5-2-1-3-9(7-11)17-6-4-10(18)8-17/h1-3,5,7,10,18H,4,6,8H2. The largest absolute Gasteiger partial charge is 0.393 e. The number of nitrogens with zero attached hydrogens (tertiary/aromatic N) is 1. The van der Waals surface area contributed by atoms with Gasteiger partial charge in [0.15, 0.2) is 0 Å². The van der Waals surface area contributed by atoms with E-state index in [9.17, 15) is 18.3 Å². The van der Waals surface area contributed by atoms with Crippen LogP contribution < -0.4 is 0 Å². The Morgan fingerprint density at radius 3 is 2.67 bits per heavy atom. The smallest absolute Gasteiger partial charge is 0.391 e. The highest BCUT2D eigenvalue weighted by Crippen LogP contribution is 2.46. The Hall–Kier alpha value is -1.17. The predicted molar refractivity (Wildman–Crippen MR) is 63.1 cm³/mol. The van der Waals surface area contributed by atoms with Gasteiger partial charge in [0.25, 0.3) is 0 Å². The highest BCUT2D eigenvalue weighted by Gasteiger charge is 2.47. The summed E-state index contributed by atoms with van der Waals surface area (Å²) in [5, 5.41) is 6.97. The molecule has 1 fully saturated rings. The van der Waals surface area contributed by atoms with E-state index in [4.69, 9.17) is 7.85 Å². The Bertz CT molecular complexity index is 416. The van der Waals surface area contributed by atoms with Crippen molar-refractivity contribution in [2.24, 2.45) is 0 Å². The topological polar surface area (TPSA) is 23.5 Å². The first-order chi connectivity index (χ1) is 8.32. The third-order valence-corrected chi connectivity index (χ3v) is 3.16. The quantitative estimate of drug-likeness (QED) is 0.724. The predicted octanol–water partition coefficient (Wildman–Crippen LogP) is 1.95. The van der Waals surface area contributed by atoms with Gasteiger partial charge in [0.05, 0.1) is 19.3 Å².